The molecule has 5 heterocycles. The van der Waals surface area contributed by atoms with Crippen molar-refractivity contribution in [3.8, 4) is 5.82 Å². The fourth-order valence-corrected chi connectivity index (χ4v) is 4.35. The van der Waals surface area contributed by atoms with Crippen molar-refractivity contribution in [2.75, 3.05) is 37.6 Å². The zero-order valence-corrected chi connectivity index (χ0v) is 19.4. The van der Waals surface area contributed by atoms with Crippen molar-refractivity contribution in [3.05, 3.63) is 52.0 Å². The minimum atomic E-state index is -0.102. The second-order valence-corrected chi connectivity index (χ2v) is 8.52. The van der Waals surface area contributed by atoms with Crippen LogP contribution < -0.4 is 10.5 Å². The van der Waals surface area contributed by atoms with Crippen molar-refractivity contribution < 1.29 is 0 Å². The molecule has 0 N–H and O–H groups in total. The van der Waals surface area contributed by atoms with Crippen LogP contribution in [0.25, 0.3) is 16.9 Å². The van der Waals surface area contributed by atoms with E-state index in [0.717, 1.165) is 66.8 Å². The van der Waals surface area contributed by atoms with E-state index in [1.54, 1.807) is 21.5 Å². The largest absolute Gasteiger partial charge is 0.353 e. The van der Waals surface area contributed by atoms with Crippen LogP contribution >= 0.6 is 0 Å². The Bertz CT molecular complexity index is 1360. The molecule has 0 saturated carbocycles. The van der Waals surface area contributed by atoms with E-state index in [9.17, 15) is 4.79 Å². The van der Waals surface area contributed by atoms with Gasteiger partial charge in [0.15, 0.2) is 11.5 Å². The number of nitrogens with zero attached hydrogens (tertiary/aromatic N) is 10. The quantitative estimate of drug-likeness (QED) is 0.443. The lowest BCUT2D eigenvalue weighted by atomic mass is 10.2. The average molecular weight is 449 g/mol. The van der Waals surface area contributed by atoms with E-state index in [1.807, 2.05) is 40.1 Å². The second kappa shape index (κ2) is 8.39. The van der Waals surface area contributed by atoms with Crippen molar-refractivity contribution in [2.45, 2.75) is 27.3 Å². The van der Waals surface area contributed by atoms with Crippen molar-refractivity contribution >= 4 is 16.9 Å². The molecule has 5 rings (SSSR count). The topological polar surface area (TPSA) is 103 Å². The van der Waals surface area contributed by atoms with Crippen LogP contribution in [0.3, 0.4) is 0 Å². The van der Waals surface area contributed by atoms with Gasteiger partial charge in [-0.05, 0) is 32.9 Å². The molecule has 4 aromatic heterocycles. The smallest absolute Gasteiger partial charge is 0.266 e. The Morgan fingerprint density at radius 3 is 2.48 bits per heavy atom. The summed E-state index contributed by atoms with van der Waals surface area (Å²) >= 11 is 0. The molecule has 0 bridgehead atoms. The minimum absolute atomic E-state index is 0.102. The standard InChI is InChI=1S/C22H28N10O/c1-15-13-16(2)32(26-15)19-5-6-20(33)31(27-19)12-9-29-7-10-30(11-8-29)22-18-14-23-28(4)21(18)24-17(3)25-22/h5-6,13-14H,7-12H2,1-4H3. The first-order chi connectivity index (χ1) is 15.9. The summed E-state index contributed by atoms with van der Waals surface area (Å²) < 4.78 is 5.09. The third kappa shape index (κ3) is 4.11. The molecule has 0 radical (unpaired) electrons. The van der Waals surface area contributed by atoms with Gasteiger partial charge >= 0.3 is 0 Å². The Morgan fingerprint density at radius 2 is 1.76 bits per heavy atom. The van der Waals surface area contributed by atoms with Crippen LogP contribution in [0.15, 0.2) is 29.2 Å². The number of piperazine rings is 1. The van der Waals surface area contributed by atoms with Gasteiger partial charge in [0, 0.05) is 51.5 Å². The SMILES string of the molecule is Cc1cc(C)n(-c2ccc(=O)n(CCN3CCN(c4nc(C)nc5c4cnn5C)CC3)n2)n1. The number of rotatable bonds is 5. The molecular formula is C22H28N10O. The van der Waals surface area contributed by atoms with E-state index >= 15 is 0 Å². The summed E-state index contributed by atoms with van der Waals surface area (Å²) in [5.74, 6) is 2.35. The maximum Gasteiger partial charge on any atom is 0.266 e. The highest BCUT2D eigenvalue weighted by atomic mass is 16.1. The first-order valence-corrected chi connectivity index (χ1v) is 11.1. The van der Waals surface area contributed by atoms with Crippen LogP contribution in [0.2, 0.25) is 0 Å². The van der Waals surface area contributed by atoms with E-state index in [-0.39, 0.29) is 5.56 Å². The highest BCUT2D eigenvalue weighted by Crippen LogP contribution is 2.24. The number of aryl methyl sites for hydroxylation is 4. The van der Waals surface area contributed by atoms with E-state index in [0.29, 0.717) is 12.4 Å². The Kier molecular flexibility index (Phi) is 5.41. The molecule has 0 aromatic carbocycles. The van der Waals surface area contributed by atoms with Gasteiger partial charge in [0.2, 0.25) is 0 Å². The molecule has 1 fully saturated rings. The lowest BCUT2D eigenvalue weighted by Gasteiger charge is -2.35. The molecule has 33 heavy (non-hydrogen) atoms. The number of hydrogen-bond donors (Lipinski definition) is 0. The minimum Gasteiger partial charge on any atom is -0.353 e. The Balaban J connectivity index is 1.25. The molecule has 172 valence electrons. The van der Waals surface area contributed by atoms with Crippen LogP contribution in [-0.2, 0) is 13.6 Å². The maximum atomic E-state index is 12.4. The van der Waals surface area contributed by atoms with Crippen LogP contribution in [-0.4, -0.2) is 76.9 Å². The first-order valence-electron chi connectivity index (χ1n) is 11.1. The normalized spacial score (nSPS) is 15.0. The van der Waals surface area contributed by atoms with Crippen LogP contribution in [0, 0.1) is 20.8 Å². The van der Waals surface area contributed by atoms with E-state index in [2.05, 4.69) is 30.1 Å². The second-order valence-electron chi connectivity index (χ2n) is 8.52. The van der Waals surface area contributed by atoms with Crippen LogP contribution in [0.4, 0.5) is 5.82 Å². The lowest BCUT2D eigenvalue weighted by molar-refractivity contribution is 0.242. The van der Waals surface area contributed by atoms with Gasteiger partial charge < -0.3 is 4.90 Å². The molecule has 1 saturated heterocycles. The molecule has 0 amide bonds. The van der Waals surface area contributed by atoms with Gasteiger partial charge in [-0.15, -0.1) is 5.10 Å². The van der Waals surface area contributed by atoms with Gasteiger partial charge in [0.05, 0.1) is 23.8 Å². The van der Waals surface area contributed by atoms with Crippen LogP contribution in [0.1, 0.15) is 17.2 Å². The molecule has 0 unspecified atom stereocenters. The third-order valence-electron chi connectivity index (χ3n) is 6.06. The fourth-order valence-electron chi connectivity index (χ4n) is 4.35. The molecule has 11 heteroatoms. The summed E-state index contributed by atoms with van der Waals surface area (Å²) in [4.78, 5) is 26.2. The lowest BCUT2D eigenvalue weighted by Crippen LogP contribution is -2.48. The third-order valence-corrected chi connectivity index (χ3v) is 6.06. The van der Waals surface area contributed by atoms with Gasteiger partial charge in [0.1, 0.15) is 11.6 Å². The van der Waals surface area contributed by atoms with Gasteiger partial charge in [-0.2, -0.15) is 10.2 Å². The van der Waals surface area contributed by atoms with E-state index in [1.165, 1.54) is 4.68 Å². The summed E-state index contributed by atoms with van der Waals surface area (Å²) in [5.41, 5.74) is 2.67. The number of fused-ring (bicyclic) bond motifs is 1. The van der Waals surface area contributed by atoms with E-state index < -0.39 is 0 Å². The molecule has 0 spiro atoms. The van der Waals surface area contributed by atoms with Gasteiger partial charge in [-0.25, -0.2) is 19.3 Å². The first kappa shape index (κ1) is 21.3. The molecule has 0 aliphatic carbocycles. The summed E-state index contributed by atoms with van der Waals surface area (Å²) in [6, 6.07) is 5.28. The molecule has 0 atom stereocenters. The summed E-state index contributed by atoms with van der Waals surface area (Å²) in [5, 5.41) is 14.4. The summed E-state index contributed by atoms with van der Waals surface area (Å²) in [7, 11) is 1.90. The highest BCUT2D eigenvalue weighted by molar-refractivity contribution is 5.87. The predicted octanol–water partition coefficient (Wildman–Crippen LogP) is 0.853. The van der Waals surface area contributed by atoms with Gasteiger partial charge in [-0.3, -0.25) is 14.4 Å². The highest BCUT2D eigenvalue weighted by Gasteiger charge is 2.22. The molecular weight excluding hydrogens is 420 g/mol. The summed E-state index contributed by atoms with van der Waals surface area (Å²) in [6.45, 7) is 10.6. The van der Waals surface area contributed by atoms with E-state index in [4.69, 9.17) is 4.98 Å². The molecule has 4 aromatic rings. The Hall–Kier alpha value is -3.60. The van der Waals surface area contributed by atoms with Crippen molar-refractivity contribution in [2.24, 2.45) is 7.05 Å². The molecule has 1 aliphatic rings. The van der Waals surface area contributed by atoms with Gasteiger partial charge in [0.25, 0.3) is 5.56 Å². The number of hydrogen-bond acceptors (Lipinski definition) is 8. The zero-order valence-electron chi connectivity index (χ0n) is 19.4. The van der Waals surface area contributed by atoms with Crippen LogP contribution in [0.5, 0.6) is 0 Å². The van der Waals surface area contributed by atoms with Crippen molar-refractivity contribution in [3.63, 3.8) is 0 Å². The summed E-state index contributed by atoms with van der Waals surface area (Å²) in [6.07, 6.45) is 1.84. The van der Waals surface area contributed by atoms with Crippen molar-refractivity contribution in [1.82, 2.24) is 44.2 Å². The maximum absolute atomic E-state index is 12.4. The fraction of sp³-hybridized carbons (Fsp3) is 0.455. The molecule has 11 nitrogen and oxygen atoms in total. The molecule has 1 aliphatic heterocycles. The van der Waals surface area contributed by atoms with Crippen molar-refractivity contribution in [1.29, 1.82) is 0 Å². The number of anilines is 1. The predicted molar refractivity (Wildman–Crippen MR) is 125 cm³/mol. The monoisotopic (exact) mass is 448 g/mol. The average Bonchev–Trinajstić information content (AvgIpc) is 3.34. The zero-order chi connectivity index (χ0) is 23.1. The Morgan fingerprint density at radius 1 is 0.970 bits per heavy atom. The number of aromatic nitrogens is 8. The Labute approximate surface area is 191 Å². The van der Waals surface area contributed by atoms with Gasteiger partial charge in [-0.1, -0.05) is 0 Å².